The van der Waals surface area contributed by atoms with Gasteiger partial charge in [-0.3, -0.25) is 0 Å². The Morgan fingerprint density at radius 2 is 2.21 bits per heavy atom. The molecular weight excluding hydrogens is 262 g/mol. The van der Waals surface area contributed by atoms with Crippen molar-refractivity contribution >= 4 is 27.7 Å². The molecule has 0 fully saturated rings. The van der Waals surface area contributed by atoms with E-state index < -0.39 is 0 Å². The number of alkyl halides is 1. The quantitative estimate of drug-likeness (QED) is 0.627. The van der Waals surface area contributed by atoms with Crippen LogP contribution in [-0.4, -0.2) is 25.8 Å². The molecule has 2 heterocycles. The second kappa shape index (κ2) is 5.16. The highest BCUT2D eigenvalue weighted by Crippen LogP contribution is 2.21. The van der Waals surface area contributed by atoms with E-state index in [9.17, 15) is 0 Å². The van der Waals surface area contributed by atoms with E-state index in [1.165, 1.54) is 25.1 Å². The molecule has 78 valence electrons. The maximum Gasteiger partial charge on any atom is 0.191 e. The fourth-order valence-electron chi connectivity index (χ4n) is 1.69. The predicted octanol–water partition coefficient (Wildman–Crippen LogP) is 2.49. The standard InChI is InChI=1S/C9H14BrN3S/c10-5-7-14-9-12-11-8-4-2-1-3-6-13(8)9/h1-7H2. The number of halogens is 1. The van der Waals surface area contributed by atoms with Gasteiger partial charge in [0.05, 0.1) is 0 Å². The molecule has 2 rings (SSSR count). The monoisotopic (exact) mass is 275 g/mol. The van der Waals surface area contributed by atoms with E-state index in [1.807, 2.05) is 0 Å². The maximum absolute atomic E-state index is 4.25. The number of thioether (sulfide) groups is 1. The molecule has 0 saturated carbocycles. The molecule has 14 heavy (non-hydrogen) atoms. The average molecular weight is 276 g/mol. The van der Waals surface area contributed by atoms with Crippen LogP contribution in [0, 0.1) is 0 Å². The molecule has 5 heteroatoms. The molecule has 1 aromatic rings. The van der Waals surface area contributed by atoms with Crippen molar-refractivity contribution in [2.45, 2.75) is 37.4 Å². The zero-order valence-electron chi connectivity index (χ0n) is 8.08. The minimum absolute atomic E-state index is 1.01. The van der Waals surface area contributed by atoms with Crippen molar-refractivity contribution < 1.29 is 0 Å². The first-order valence-electron chi connectivity index (χ1n) is 5.02. The molecule has 0 radical (unpaired) electrons. The summed E-state index contributed by atoms with van der Waals surface area (Å²) in [5, 5.41) is 10.6. The highest BCUT2D eigenvalue weighted by atomic mass is 79.9. The summed E-state index contributed by atoms with van der Waals surface area (Å²) in [6.45, 7) is 1.10. The zero-order valence-corrected chi connectivity index (χ0v) is 10.5. The molecule has 3 nitrogen and oxygen atoms in total. The van der Waals surface area contributed by atoms with E-state index in [4.69, 9.17) is 0 Å². The minimum atomic E-state index is 1.01. The Balaban J connectivity index is 2.12. The molecule has 0 aromatic carbocycles. The van der Waals surface area contributed by atoms with E-state index in [-0.39, 0.29) is 0 Å². The van der Waals surface area contributed by atoms with Gasteiger partial charge in [-0.25, -0.2) is 0 Å². The highest BCUT2D eigenvalue weighted by molar-refractivity contribution is 9.09. The lowest BCUT2D eigenvalue weighted by molar-refractivity contribution is 0.591. The van der Waals surface area contributed by atoms with Gasteiger partial charge >= 0.3 is 0 Å². The summed E-state index contributed by atoms with van der Waals surface area (Å²) in [6.07, 6.45) is 4.96. The smallest absolute Gasteiger partial charge is 0.191 e. The number of aromatic nitrogens is 3. The lowest BCUT2D eigenvalue weighted by atomic mass is 10.2. The summed E-state index contributed by atoms with van der Waals surface area (Å²) in [5.41, 5.74) is 0. The molecule has 0 atom stereocenters. The van der Waals surface area contributed by atoms with Gasteiger partial charge < -0.3 is 4.57 Å². The summed E-state index contributed by atoms with van der Waals surface area (Å²) >= 11 is 5.22. The fourth-order valence-corrected chi connectivity index (χ4v) is 2.89. The van der Waals surface area contributed by atoms with Crippen LogP contribution in [0.15, 0.2) is 5.16 Å². The number of hydrogen-bond acceptors (Lipinski definition) is 3. The topological polar surface area (TPSA) is 30.7 Å². The van der Waals surface area contributed by atoms with E-state index in [0.29, 0.717) is 0 Å². The number of fused-ring (bicyclic) bond motifs is 1. The maximum atomic E-state index is 4.25. The lowest BCUT2D eigenvalue weighted by Gasteiger charge is -2.04. The van der Waals surface area contributed by atoms with Crippen LogP contribution in [0.5, 0.6) is 0 Å². The number of hydrogen-bond donors (Lipinski definition) is 0. The third kappa shape index (κ3) is 2.31. The molecule has 0 spiro atoms. The summed E-state index contributed by atoms with van der Waals surface area (Å²) in [5.74, 6) is 2.25. The van der Waals surface area contributed by atoms with Crippen LogP contribution in [0.2, 0.25) is 0 Å². The molecular formula is C9H14BrN3S. The Morgan fingerprint density at radius 3 is 3.07 bits per heavy atom. The Morgan fingerprint density at radius 1 is 1.29 bits per heavy atom. The van der Waals surface area contributed by atoms with Gasteiger partial charge in [0.1, 0.15) is 5.82 Å². The Hall–Kier alpha value is -0.0300. The molecule has 1 aliphatic rings. The predicted molar refractivity (Wildman–Crippen MR) is 62.1 cm³/mol. The van der Waals surface area contributed by atoms with Crippen LogP contribution in [0.1, 0.15) is 25.1 Å². The average Bonchev–Trinajstić information content (AvgIpc) is 2.45. The summed E-state index contributed by atoms with van der Waals surface area (Å²) in [6, 6.07) is 0. The second-order valence-electron chi connectivity index (χ2n) is 3.40. The molecule has 0 N–H and O–H groups in total. The molecule has 0 saturated heterocycles. The van der Waals surface area contributed by atoms with Gasteiger partial charge in [0, 0.05) is 24.0 Å². The summed E-state index contributed by atoms with van der Waals surface area (Å²) in [7, 11) is 0. The molecule has 0 aliphatic carbocycles. The van der Waals surface area contributed by atoms with E-state index in [1.54, 1.807) is 11.8 Å². The van der Waals surface area contributed by atoms with Crippen LogP contribution in [0.25, 0.3) is 0 Å². The van der Waals surface area contributed by atoms with Gasteiger partial charge in [0.2, 0.25) is 0 Å². The van der Waals surface area contributed by atoms with E-state index >= 15 is 0 Å². The molecule has 0 bridgehead atoms. The molecule has 1 aliphatic heterocycles. The first-order valence-corrected chi connectivity index (χ1v) is 7.13. The van der Waals surface area contributed by atoms with E-state index in [2.05, 4.69) is 30.7 Å². The van der Waals surface area contributed by atoms with Gasteiger partial charge in [0.25, 0.3) is 0 Å². The van der Waals surface area contributed by atoms with Crippen LogP contribution in [0.3, 0.4) is 0 Å². The lowest BCUT2D eigenvalue weighted by Crippen LogP contribution is -2.02. The molecule has 1 aromatic heterocycles. The minimum Gasteiger partial charge on any atom is -0.306 e. The van der Waals surface area contributed by atoms with Crippen LogP contribution in [-0.2, 0) is 13.0 Å². The van der Waals surface area contributed by atoms with Gasteiger partial charge in [-0.1, -0.05) is 34.1 Å². The van der Waals surface area contributed by atoms with Crippen molar-refractivity contribution in [3.05, 3.63) is 5.82 Å². The van der Waals surface area contributed by atoms with Gasteiger partial charge in [-0.15, -0.1) is 10.2 Å². The Labute approximate surface area is 96.8 Å². The third-order valence-corrected chi connectivity index (χ3v) is 4.27. The van der Waals surface area contributed by atoms with Crippen molar-refractivity contribution in [2.75, 3.05) is 11.1 Å². The van der Waals surface area contributed by atoms with Gasteiger partial charge in [-0.2, -0.15) is 0 Å². The number of aryl methyl sites for hydroxylation is 1. The first-order chi connectivity index (χ1) is 6.92. The van der Waals surface area contributed by atoms with Crippen molar-refractivity contribution in [2.24, 2.45) is 0 Å². The largest absolute Gasteiger partial charge is 0.306 e. The third-order valence-electron chi connectivity index (χ3n) is 2.38. The van der Waals surface area contributed by atoms with Crippen molar-refractivity contribution in [3.63, 3.8) is 0 Å². The fraction of sp³-hybridized carbons (Fsp3) is 0.778. The second-order valence-corrected chi connectivity index (χ2v) is 5.25. The van der Waals surface area contributed by atoms with E-state index in [0.717, 1.165) is 29.2 Å². The van der Waals surface area contributed by atoms with Gasteiger partial charge in [-0.05, 0) is 12.8 Å². The normalized spacial score (nSPS) is 16.4. The van der Waals surface area contributed by atoms with Crippen LogP contribution >= 0.6 is 27.7 Å². The van der Waals surface area contributed by atoms with Gasteiger partial charge in [0.15, 0.2) is 5.16 Å². The van der Waals surface area contributed by atoms with Crippen molar-refractivity contribution in [3.8, 4) is 0 Å². The Kier molecular flexibility index (Phi) is 3.87. The molecule has 0 unspecified atom stereocenters. The first kappa shape index (κ1) is 10.5. The Bertz CT molecular complexity index is 300. The van der Waals surface area contributed by atoms with Crippen molar-refractivity contribution in [1.29, 1.82) is 0 Å². The molecule has 0 amide bonds. The SMILES string of the molecule is BrCCSc1nnc2n1CCCCC2. The number of rotatable bonds is 3. The zero-order chi connectivity index (χ0) is 9.80. The summed E-state index contributed by atoms with van der Waals surface area (Å²) in [4.78, 5) is 0. The highest BCUT2D eigenvalue weighted by Gasteiger charge is 2.14. The van der Waals surface area contributed by atoms with Crippen molar-refractivity contribution in [1.82, 2.24) is 14.8 Å². The van der Waals surface area contributed by atoms with Crippen LogP contribution < -0.4 is 0 Å². The number of nitrogens with zero attached hydrogens (tertiary/aromatic N) is 3. The summed E-state index contributed by atoms with van der Waals surface area (Å²) < 4.78 is 2.29. The van der Waals surface area contributed by atoms with Crippen LogP contribution in [0.4, 0.5) is 0 Å².